The predicted octanol–water partition coefficient (Wildman–Crippen LogP) is 3.97. The van der Waals surface area contributed by atoms with Crippen molar-refractivity contribution in [3.63, 3.8) is 0 Å². The molecule has 1 saturated heterocycles. The van der Waals surface area contributed by atoms with Gasteiger partial charge in [-0.1, -0.05) is 13.3 Å². The van der Waals surface area contributed by atoms with Gasteiger partial charge >= 0.3 is 0 Å². The third-order valence-corrected chi connectivity index (χ3v) is 5.40. The van der Waals surface area contributed by atoms with Gasteiger partial charge in [-0.2, -0.15) is 0 Å². The Morgan fingerprint density at radius 3 is 2.89 bits per heavy atom. The van der Waals surface area contributed by atoms with Gasteiger partial charge in [0.05, 0.1) is 0 Å². The Morgan fingerprint density at radius 1 is 1.47 bits per heavy atom. The Hall–Kier alpha value is -0.380. The monoisotopic (exact) mass is 280 g/mol. The summed E-state index contributed by atoms with van der Waals surface area (Å²) in [5.41, 5.74) is 1.45. The van der Waals surface area contributed by atoms with E-state index in [1.807, 2.05) is 11.3 Å². The number of thiophene rings is 1. The molecule has 2 nitrogen and oxygen atoms in total. The summed E-state index contributed by atoms with van der Waals surface area (Å²) < 4.78 is 0. The summed E-state index contributed by atoms with van der Waals surface area (Å²) in [6.45, 7) is 10.5. The maximum absolute atomic E-state index is 3.68. The Morgan fingerprint density at radius 2 is 2.32 bits per heavy atom. The molecule has 1 N–H and O–H groups in total. The average molecular weight is 280 g/mol. The van der Waals surface area contributed by atoms with Gasteiger partial charge in [0.25, 0.3) is 0 Å². The van der Waals surface area contributed by atoms with Gasteiger partial charge in [-0.05, 0) is 63.2 Å². The molecule has 2 heterocycles. The zero-order valence-electron chi connectivity index (χ0n) is 12.6. The molecule has 0 aliphatic carbocycles. The lowest BCUT2D eigenvalue weighted by Gasteiger charge is -2.34. The fourth-order valence-corrected chi connectivity index (χ4v) is 4.09. The van der Waals surface area contributed by atoms with Crippen molar-refractivity contribution in [1.29, 1.82) is 0 Å². The molecule has 2 rings (SSSR count). The summed E-state index contributed by atoms with van der Waals surface area (Å²) in [5.74, 6) is 0. The number of hydrogen-bond acceptors (Lipinski definition) is 3. The summed E-state index contributed by atoms with van der Waals surface area (Å²) in [6.07, 6.45) is 5.33. The van der Waals surface area contributed by atoms with E-state index in [1.165, 1.54) is 50.9 Å². The van der Waals surface area contributed by atoms with Crippen LogP contribution in [0.3, 0.4) is 0 Å². The number of nitrogens with zero attached hydrogens (tertiary/aromatic N) is 1. The lowest BCUT2D eigenvalue weighted by atomic mass is 10.0. The molecule has 1 aliphatic heterocycles. The number of aryl methyl sites for hydroxylation is 1. The largest absolute Gasteiger partial charge is 0.313 e. The van der Waals surface area contributed by atoms with Crippen molar-refractivity contribution in [3.05, 3.63) is 21.9 Å². The highest BCUT2D eigenvalue weighted by molar-refractivity contribution is 7.10. The minimum absolute atomic E-state index is 0.559. The summed E-state index contributed by atoms with van der Waals surface area (Å²) >= 11 is 1.91. The standard InChI is InChI=1S/C16H28N2S/c1-4-10-18(12-15-7-5-6-9-17-15)14(3)16-13(2)8-11-19-16/h8,11,14-15,17H,4-7,9-10,12H2,1-3H3. The molecule has 0 amide bonds. The lowest BCUT2D eigenvalue weighted by Crippen LogP contribution is -2.44. The van der Waals surface area contributed by atoms with E-state index in [0.717, 1.165) is 0 Å². The Kier molecular flexibility index (Phi) is 5.86. The van der Waals surface area contributed by atoms with Gasteiger partial charge < -0.3 is 5.32 Å². The number of nitrogens with one attached hydrogen (secondary N) is 1. The van der Waals surface area contributed by atoms with Gasteiger partial charge in [0.2, 0.25) is 0 Å². The maximum Gasteiger partial charge on any atom is 0.0416 e. The Labute approximate surface area is 122 Å². The minimum atomic E-state index is 0.559. The van der Waals surface area contributed by atoms with Crippen molar-refractivity contribution in [1.82, 2.24) is 10.2 Å². The van der Waals surface area contributed by atoms with Crippen molar-refractivity contribution in [2.24, 2.45) is 0 Å². The first-order valence-electron chi connectivity index (χ1n) is 7.73. The Balaban J connectivity index is 2.00. The lowest BCUT2D eigenvalue weighted by molar-refractivity contribution is 0.178. The fourth-order valence-electron chi connectivity index (χ4n) is 3.07. The number of hydrogen-bond donors (Lipinski definition) is 1. The molecule has 19 heavy (non-hydrogen) atoms. The van der Waals surface area contributed by atoms with Crippen molar-refractivity contribution in [3.8, 4) is 0 Å². The third-order valence-electron chi connectivity index (χ3n) is 4.21. The average Bonchev–Trinajstić information content (AvgIpc) is 2.85. The van der Waals surface area contributed by atoms with E-state index in [4.69, 9.17) is 0 Å². The van der Waals surface area contributed by atoms with Gasteiger partial charge in [-0.15, -0.1) is 11.3 Å². The SMILES string of the molecule is CCCN(CC1CCCCN1)C(C)c1sccc1C. The topological polar surface area (TPSA) is 15.3 Å². The highest BCUT2D eigenvalue weighted by Gasteiger charge is 2.22. The molecule has 0 radical (unpaired) electrons. The van der Waals surface area contributed by atoms with Crippen LogP contribution in [-0.4, -0.2) is 30.6 Å². The summed E-state index contributed by atoms with van der Waals surface area (Å²) in [7, 11) is 0. The highest BCUT2D eigenvalue weighted by atomic mass is 32.1. The first kappa shape index (κ1) is 15.0. The summed E-state index contributed by atoms with van der Waals surface area (Å²) in [6, 6.07) is 3.51. The van der Waals surface area contributed by atoms with E-state index in [2.05, 4.69) is 42.4 Å². The second-order valence-corrected chi connectivity index (χ2v) is 6.73. The summed E-state index contributed by atoms with van der Waals surface area (Å²) in [5, 5.41) is 5.91. The predicted molar refractivity (Wildman–Crippen MR) is 85.0 cm³/mol. The second-order valence-electron chi connectivity index (χ2n) is 5.79. The quantitative estimate of drug-likeness (QED) is 0.848. The molecule has 0 saturated carbocycles. The van der Waals surface area contributed by atoms with Crippen LogP contribution in [0, 0.1) is 6.92 Å². The highest BCUT2D eigenvalue weighted by Crippen LogP contribution is 2.29. The van der Waals surface area contributed by atoms with Gasteiger partial charge in [0.15, 0.2) is 0 Å². The van der Waals surface area contributed by atoms with Crippen LogP contribution < -0.4 is 5.32 Å². The second kappa shape index (κ2) is 7.41. The minimum Gasteiger partial charge on any atom is -0.313 e. The van der Waals surface area contributed by atoms with E-state index >= 15 is 0 Å². The molecule has 108 valence electrons. The van der Waals surface area contributed by atoms with Crippen LogP contribution in [-0.2, 0) is 0 Å². The smallest absolute Gasteiger partial charge is 0.0416 e. The molecule has 2 unspecified atom stereocenters. The van der Waals surface area contributed by atoms with E-state index in [0.29, 0.717) is 12.1 Å². The molecule has 0 bridgehead atoms. The molecular formula is C16H28N2S. The van der Waals surface area contributed by atoms with Crippen LogP contribution in [0.1, 0.15) is 56.0 Å². The van der Waals surface area contributed by atoms with Gasteiger partial charge in [-0.25, -0.2) is 0 Å². The Bertz CT molecular complexity index is 369. The molecule has 1 aromatic rings. The van der Waals surface area contributed by atoms with Gasteiger partial charge in [0, 0.05) is 23.5 Å². The zero-order chi connectivity index (χ0) is 13.7. The normalized spacial score (nSPS) is 21.8. The molecule has 0 aromatic carbocycles. The van der Waals surface area contributed by atoms with Gasteiger partial charge in [0.1, 0.15) is 0 Å². The molecular weight excluding hydrogens is 252 g/mol. The molecule has 2 atom stereocenters. The maximum atomic E-state index is 3.68. The number of piperidine rings is 1. The van der Waals surface area contributed by atoms with Crippen LogP contribution in [0.4, 0.5) is 0 Å². The summed E-state index contributed by atoms with van der Waals surface area (Å²) in [4.78, 5) is 4.21. The van der Waals surface area contributed by atoms with E-state index in [-0.39, 0.29) is 0 Å². The van der Waals surface area contributed by atoms with Crippen LogP contribution in [0.2, 0.25) is 0 Å². The van der Waals surface area contributed by atoms with E-state index < -0.39 is 0 Å². The van der Waals surface area contributed by atoms with Crippen molar-refractivity contribution < 1.29 is 0 Å². The van der Waals surface area contributed by atoms with E-state index in [9.17, 15) is 0 Å². The van der Waals surface area contributed by atoms with Crippen LogP contribution in [0.15, 0.2) is 11.4 Å². The van der Waals surface area contributed by atoms with Crippen molar-refractivity contribution in [2.45, 2.75) is 58.5 Å². The molecule has 0 spiro atoms. The van der Waals surface area contributed by atoms with Crippen LogP contribution in [0.25, 0.3) is 0 Å². The van der Waals surface area contributed by atoms with E-state index in [1.54, 1.807) is 4.88 Å². The first-order valence-corrected chi connectivity index (χ1v) is 8.61. The molecule has 1 aliphatic rings. The van der Waals surface area contributed by atoms with Crippen LogP contribution >= 0.6 is 11.3 Å². The molecule has 1 aromatic heterocycles. The number of rotatable bonds is 6. The van der Waals surface area contributed by atoms with Crippen LogP contribution in [0.5, 0.6) is 0 Å². The van der Waals surface area contributed by atoms with Crippen molar-refractivity contribution in [2.75, 3.05) is 19.6 Å². The third kappa shape index (κ3) is 4.04. The van der Waals surface area contributed by atoms with Crippen molar-refractivity contribution >= 4 is 11.3 Å². The van der Waals surface area contributed by atoms with Gasteiger partial charge in [-0.3, -0.25) is 4.90 Å². The molecule has 1 fully saturated rings. The zero-order valence-corrected chi connectivity index (χ0v) is 13.4. The first-order chi connectivity index (χ1) is 9.22. The molecule has 3 heteroatoms. The fraction of sp³-hybridized carbons (Fsp3) is 0.750.